The van der Waals surface area contributed by atoms with E-state index in [-0.39, 0.29) is 24.1 Å². The first-order valence-electron chi connectivity index (χ1n) is 6.70. The Hall–Kier alpha value is -1.31. The molecule has 0 aromatic carbocycles. The minimum absolute atomic E-state index is 0.0635. The molecule has 0 saturated carbocycles. The maximum atomic E-state index is 11.8. The van der Waals surface area contributed by atoms with Crippen LogP contribution in [0.4, 0.5) is 4.79 Å². The lowest BCUT2D eigenvalue weighted by Gasteiger charge is -2.31. The maximum Gasteiger partial charge on any atom is 0.317 e. The lowest BCUT2D eigenvalue weighted by atomic mass is 9.94. The highest BCUT2D eigenvalue weighted by Crippen LogP contribution is 2.20. The highest BCUT2D eigenvalue weighted by atomic mass is 32.2. The number of carboxylic acids is 1. The van der Waals surface area contributed by atoms with E-state index in [2.05, 4.69) is 5.32 Å². The van der Waals surface area contributed by atoms with Crippen LogP contribution in [-0.4, -0.2) is 62.1 Å². The number of likely N-dealkylation sites (tertiary alicyclic amines) is 1. The van der Waals surface area contributed by atoms with Crippen molar-refractivity contribution in [2.75, 3.05) is 31.6 Å². The molecule has 8 heteroatoms. The van der Waals surface area contributed by atoms with Gasteiger partial charge in [-0.15, -0.1) is 0 Å². The lowest BCUT2D eigenvalue weighted by Crippen LogP contribution is -2.45. The van der Waals surface area contributed by atoms with Gasteiger partial charge in [0.25, 0.3) is 0 Å². The Morgan fingerprint density at radius 3 is 2.40 bits per heavy atom. The minimum atomic E-state index is -2.99. The predicted octanol–water partition coefficient (Wildman–Crippen LogP) is 0.317. The molecular weight excluding hydrogens is 284 g/mol. The average Bonchev–Trinajstić information content (AvgIpc) is 2.33. The molecule has 2 amide bonds. The van der Waals surface area contributed by atoms with Crippen LogP contribution in [0.15, 0.2) is 0 Å². The van der Waals surface area contributed by atoms with Crippen LogP contribution >= 0.6 is 0 Å². The van der Waals surface area contributed by atoms with Crippen molar-refractivity contribution in [2.24, 2.45) is 5.92 Å². The number of hydrogen-bond acceptors (Lipinski definition) is 4. The Kier molecular flexibility index (Phi) is 6.25. The molecule has 1 heterocycles. The molecule has 0 aliphatic carbocycles. The van der Waals surface area contributed by atoms with Crippen molar-refractivity contribution in [1.29, 1.82) is 0 Å². The number of nitrogens with zero attached hydrogens (tertiary/aromatic N) is 1. The summed E-state index contributed by atoms with van der Waals surface area (Å²) in [7, 11) is -2.99. The zero-order valence-corrected chi connectivity index (χ0v) is 12.5. The van der Waals surface area contributed by atoms with Gasteiger partial charge >= 0.3 is 12.0 Å². The summed E-state index contributed by atoms with van der Waals surface area (Å²) in [5, 5.41) is 11.4. The molecule has 0 spiro atoms. The number of urea groups is 1. The summed E-state index contributed by atoms with van der Waals surface area (Å²) in [6.07, 6.45) is 3.12. The van der Waals surface area contributed by atoms with E-state index in [0.29, 0.717) is 38.9 Å². The van der Waals surface area contributed by atoms with Gasteiger partial charge in [0, 0.05) is 32.3 Å². The van der Waals surface area contributed by atoms with Crippen molar-refractivity contribution in [1.82, 2.24) is 10.2 Å². The van der Waals surface area contributed by atoms with Crippen LogP contribution < -0.4 is 5.32 Å². The molecule has 0 radical (unpaired) electrons. The molecule has 1 fully saturated rings. The first kappa shape index (κ1) is 16.7. The van der Waals surface area contributed by atoms with Crippen LogP contribution in [-0.2, 0) is 14.6 Å². The van der Waals surface area contributed by atoms with Crippen LogP contribution in [0.1, 0.15) is 25.7 Å². The summed E-state index contributed by atoms with van der Waals surface area (Å²) in [5.74, 6) is -0.594. The summed E-state index contributed by atoms with van der Waals surface area (Å²) in [6.45, 7) is 1.44. The van der Waals surface area contributed by atoms with Crippen LogP contribution in [0.3, 0.4) is 0 Å². The normalized spacial score (nSPS) is 16.9. The van der Waals surface area contributed by atoms with Crippen molar-refractivity contribution in [2.45, 2.75) is 25.7 Å². The summed E-state index contributed by atoms with van der Waals surface area (Å²) >= 11 is 0. The number of carbonyl (C=O) groups is 2. The van der Waals surface area contributed by atoms with Crippen LogP contribution in [0.25, 0.3) is 0 Å². The fraction of sp³-hybridized carbons (Fsp3) is 0.833. The van der Waals surface area contributed by atoms with E-state index in [1.807, 2.05) is 0 Å². The van der Waals surface area contributed by atoms with Crippen molar-refractivity contribution in [3.05, 3.63) is 0 Å². The predicted molar refractivity (Wildman–Crippen MR) is 74.3 cm³/mol. The second-order valence-electron chi connectivity index (χ2n) is 5.24. The van der Waals surface area contributed by atoms with E-state index < -0.39 is 15.8 Å². The Labute approximate surface area is 119 Å². The summed E-state index contributed by atoms with van der Waals surface area (Å²) in [5.41, 5.74) is 0. The Morgan fingerprint density at radius 2 is 1.90 bits per heavy atom. The number of piperidine rings is 1. The fourth-order valence-electron chi connectivity index (χ4n) is 2.23. The second kappa shape index (κ2) is 7.47. The largest absolute Gasteiger partial charge is 0.481 e. The van der Waals surface area contributed by atoms with Gasteiger partial charge in [-0.1, -0.05) is 0 Å². The number of nitrogens with one attached hydrogen (secondary N) is 1. The number of sulfone groups is 1. The topological polar surface area (TPSA) is 104 Å². The van der Waals surface area contributed by atoms with Crippen molar-refractivity contribution in [3.8, 4) is 0 Å². The SMILES string of the molecule is CS(=O)(=O)CCCNC(=O)N1CCC(CC(=O)O)CC1. The molecule has 1 rings (SSSR count). The van der Waals surface area contributed by atoms with Gasteiger partial charge in [0.15, 0.2) is 0 Å². The molecule has 116 valence electrons. The summed E-state index contributed by atoms with van der Waals surface area (Å²) in [4.78, 5) is 24.0. The van der Waals surface area contributed by atoms with Gasteiger partial charge in [-0.2, -0.15) is 0 Å². The lowest BCUT2D eigenvalue weighted by molar-refractivity contribution is -0.138. The number of carboxylic acid groups (broad SMARTS) is 1. The van der Waals surface area contributed by atoms with Gasteiger partial charge in [-0.25, -0.2) is 13.2 Å². The third kappa shape index (κ3) is 6.74. The number of hydrogen-bond donors (Lipinski definition) is 2. The number of amides is 2. The number of rotatable bonds is 6. The zero-order valence-electron chi connectivity index (χ0n) is 11.7. The molecule has 0 aromatic rings. The number of carbonyl (C=O) groups excluding carboxylic acids is 1. The quantitative estimate of drug-likeness (QED) is 0.688. The van der Waals surface area contributed by atoms with Gasteiger partial charge in [0.05, 0.1) is 5.75 Å². The van der Waals surface area contributed by atoms with Crippen LogP contribution in [0.5, 0.6) is 0 Å². The Morgan fingerprint density at radius 1 is 1.30 bits per heavy atom. The highest BCUT2D eigenvalue weighted by Gasteiger charge is 2.23. The molecule has 1 aliphatic heterocycles. The first-order chi connectivity index (χ1) is 9.28. The number of aliphatic carboxylic acids is 1. The van der Waals surface area contributed by atoms with Crippen molar-refractivity contribution < 1.29 is 23.1 Å². The second-order valence-corrected chi connectivity index (χ2v) is 7.50. The van der Waals surface area contributed by atoms with E-state index in [9.17, 15) is 18.0 Å². The standard InChI is InChI=1S/C12H22N2O5S/c1-20(18,19)8-2-5-13-12(17)14-6-3-10(4-7-14)9-11(15)16/h10H,2-9H2,1H3,(H,13,17)(H,15,16). The molecule has 1 aliphatic rings. The average molecular weight is 306 g/mol. The molecule has 0 unspecified atom stereocenters. The Bertz CT molecular complexity index is 441. The summed E-state index contributed by atoms with van der Waals surface area (Å²) < 4.78 is 21.9. The van der Waals surface area contributed by atoms with E-state index >= 15 is 0 Å². The Balaban J connectivity index is 2.21. The third-order valence-corrected chi connectivity index (χ3v) is 4.36. The van der Waals surface area contributed by atoms with Gasteiger partial charge in [-0.3, -0.25) is 4.79 Å². The maximum absolute atomic E-state index is 11.8. The molecule has 0 aromatic heterocycles. The fourth-order valence-corrected chi connectivity index (χ4v) is 2.90. The van der Waals surface area contributed by atoms with E-state index in [1.165, 1.54) is 6.26 Å². The van der Waals surface area contributed by atoms with Crippen LogP contribution in [0.2, 0.25) is 0 Å². The third-order valence-electron chi connectivity index (χ3n) is 3.33. The van der Waals surface area contributed by atoms with E-state index in [1.54, 1.807) is 4.90 Å². The molecule has 1 saturated heterocycles. The highest BCUT2D eigenvalue weighted by molar-refractivity contribution is 7.90. The molecule has 0 atom stereocenters. The minimum Gasteiger partial charge on any atom is -0.481 e. The molecule has 0 bridgehead atoms. The van der Waals surface area contributed by atoms with Crippen molar-refractivity contribution in [3.63, 3.8) is 0 Å². The van der Waals surface area contributed by atoms with Gasteiger partial charge < -0.3 is 15.3 Å². The monoisotopic (exact) mass is 306 g/mol. The molecule has 20 heavy (non-hydrogen) atoms. The van der Waals surface area contributed by atoms with E-state index in [0.717, 1.165) is 0 Å². The van der Waals surface area contributed by atoms with Gasteiger partial charge in [0.1, 0.15) is 9.84 Å². The first-order valence-corrected chi connectivity index (χ1v) is 8.76. The van der Waals surface area contributed by atoms with Crippen molar-refractivity contribution >= 4 is 21.8 Å². The van der Waals surface area contributed by atoms with Gasteiger partial charge in [0.2, 0.25) is 0 Å². The molecule has 7 nitrogen and oxygen atoms in total. The smallest absolute Gasteiger partial charge is 0.317 e. The summed E-state index contributed by atoms with van der Waals surface area (Å²) in [6, 6.07) is -0.202. The molecular formula is C12H22N2O5S. The van der Waals surface area contributed by atoms with Crippen LogP contribution in [0, 0.1) is 5.92 Å². The zero-order chi connectivity index (χ0) is 15.2. The van der Waals surface area contributed by atoms with E-state index in [4.69, 9.17) is 5.11 Å². The van der Waals surface area contributed by atoms with Gasteiger partial charge in [-0.05, 0) is 25.2 Å². The molecule has 2 N–H and O–H groups in total.